The third-order valence-corrected chi connectivity index (χ3v) is 6.46. The van der Waals surface area contributed by atoms with Crippen LogP contribution in [0.2, 0.25) is 10.0 Å². The average molecular weight is 678 g/mol. The summed E-state index contributed by atoms with van der Waals surface area (Å²) in [6, 6.07) is 12.7. The first kappa shape index (κ1) is 24.0. The van der Waals surface area contributed by atoms with Gasteiger partial charge in [0, 0.05) is 21.3 Å². The standard InChI is InChI=1S/C22H15Cl2I2N3O2/c1-12-5-13(2)29(28-12)22(30)16(10-27)6-14-7-19(25)21(20(26)8-14)31-11-15-3-4-17(23)9-18(15)24/h3-9H,11H2,1-2H3/b16-6+. The molecule has 0 saturated carbocycles. The van der Waals surface area contributed by atoms with Gasteiger partial charge in [-0.2, -0.15) is 10.4 Å². The second-order valence-electron chi connectivity index (χ2n) is 6.65. The van der Waals surface area contributed by atoms with Crippen LogP contribution in [-0.4, -0.2) is 15.7 Å². The lowest BCUT2D eigenvalue weighted by Crippen LogP contribution is -2.15. The largest absolute Gasteiger partial charge is 0.487 e. The van der Waals surface area contributed by atoms with Crippen molar-refractivity contribution in [3.63, 3.8) is 0 Å². The van der Waals surface area contributed by atoms with Crippen LogP contribution < -0.4 is 4.74 Å². The molecule has 3 rings (SSSR count). The highest BCUT2D eigenvalue weighted by atomic mass is 127. The van der Waals surface area contributed by atoms with E-state index in [1.807, 2.05) is 24.3 Å². The zero-order chi connectivity index (χ0) is 22.7. The molecule has 31 heavy (non-hydrogen) atoms. The molecule has 158 valence electrons. The van der Waals surface area contributed by atoms with Crippen LogP contribution in [0.3, 0.4) is 0 Å². The van der Waals surface area contributed by atoms with Crippen molar-refractivity contribution in [2.45, 2.75) is 20.5 Å². The van der Waals surface area contributed by atoms with Gasteiger partial charge in [-0.3, -0.25) is 4.79 Å². The van der Waals surface area contributed by atoms with Crippen LogP contribution in [0.1, 0.15) is 27.3 Å². The maximum atomic E-state index is 12.7. The topological polar surface area (TPSA) is 67.9 Å². The summed E-state index contributed by atoms with van der Waals surface area (Å²) >= 11 is 16.5. The second kappa shape index (κ2) is 10.3. The molecule has 3 aromatic rings. The van der Waals surface area contributed by atoms with E-state index in [1.165, 1.54) is 4.68 Å². The fourth-order valence-corrected chi connectivity index (χ4v) is 5.44. The summed E-state index contributed by atoms with van der Waals surface area (Å²) in [5.74, 6) is 0.239. The number of carbonyl (C=O) groups excluding carboxylic acids is 1. The molecule has 9 heteroatoms. The van der Waals surface area contributed by atoms with Crippen LogP contribution in [0.15, 0.2) is 42.0 Å². The van der Waals surface area contributed by atoms with Gasteiger partial charge in [-0.1, -0.05) is 29.3 Å². The molecule has 0 aliphatic rings. The number of aromatic nitrogens is 2. The van der Waals surface area contributed by atoms with Gasteiger partial charge in [-0.25, -0.2) is 4.68 Å². The van der Waals surface area contributed by atoms with Gasteiger partial charge in [0.1, 0.15) is 24.0 Å². The summed E-state index contributed by atoms with van der Waals surface area (Å²) in [4.78, 5) is 12.7. The Labute approximate surface area is 217 Å². The number of ether oxygens (including phenoxy) is 1. The van der Waals surface area contributed by atoms with E-state index in [4.69, 9.17) is 27.9 Å². The first-order chi connectivity index (χ1) is 14.7. The predicted octanol–water partition coefficient (Wildman–Crippen LogP) is 6.84. The smallest absolute Gasteiger partial charge is 0.289 e. The number of hydrogen-bond donors (Lipinski definition) is 0. The predicted molar refractivity (Wildman–Crippen MR) is 139 cm³/mol. The summed E-state index contributed by atoms with van der Waals surface area (Å²) in [6.07, 6.45) is 1.56. The number of allylic oxidation sites excluding steroid dienone is 1. The van der Waals surface area contributed by atoms with E-state index in [0.29, 0.717) is 21.5 Å². The van der Waals surface area contributed by atoms with Gasteiger partial charge in [0.05, 0.1) is 12.8 Å². The minimum Gasteiger partial charge on any atom is -0.487 e. The monoisotopic (exact) mass is 677 g/mol. The summed E-state index contributed by atoms with van der Waals surface area (Å²) in [7, 11) is 0. The first-order valence-corrected chi connectivity index (χ1v) is 11.9. The van der Waals surface area contributed by atoms with Crippen molar-refractivity contribution < 1.29 is 9.53 Å². The van der Waals surface area contributed by atoms with Gasteiger partial charge in [0.15, 0.2) is 0 Å². The fourth-order valence-electron chi connectivity index (χ4n) is 2.85. The molecule has 0 aliphatic heterocycles. The summed E-state index contributed by atoms with van der Waals surface area (Å²) in [5.41, 5.74) is 2.94. The molecule has 0 saturated heterocycles. The third-order valence-electron chi connectivity index (χ3n) is 4.27. The number of rotatable bonds is 5. The molecule has 0 atom stereocenters. The highest BCUT2D eigenvalue weighted by Crippen LogP contribution is 2.31. The van der Waals surface area contributed by atoms with Gasteiger partial charge >= 0.3 is 0 Å². The zero-order valence-electron chi connectivity index (χ0n) is 16.4. The van der Waals surface area contributed by atoms with Crippen LogP contribution >= 0.6 is 68.4 Å². The van der Waals surface area contributed by atoms with Gasteiger partial charge in [0.25, 0.3) is 5.91 Å². The van der Waals surface area contributed by atoms with E-state index in [0.717, 1.165) is 24.0 Å². The molecule has 5 nitrogen and oxygen atoms in total. The number of nitriles is 1. The van der Waals surface area contributed by atoms with Crippen LogP contribution in [0.5, 0.6) is 5.75 Å². The Balaban J connectivity index is 1.85. The van der Waals surface area contributed by atoms with E-state index < -0.39 is 5.91 Å². The molecule has 0 N–H and O–H groups in total. The van der Waals surface area contributed by atoms with Crippen molar-refractivity contribution in [1.82, 2.24) is 9.78 Å². The molecule has 0 aliphatic carbocycles. The van der Waals surface area contributed by atoms with E-state index in [9.17, 15) is 10.1 Å². The molecule has 0 fully saturated rings. The number of aryl methyl sites for hydroxylation is 2. The Morgan fingerprint density at radius 3 is 2.42 bits per heavy atom. The number of nitrogens with zero attached hydrogens (tertiary/aromatic N) is 3. The van der Waals surface area contributed by atoms with Crippen LogP contribution in [0, 0.1) is 32.3 Å². The van der Waals surface area contributed by atoms with Crippen LogP contribution in [-0.2, 0) is 6.61 Å². The van der Waals surface area contributed by atoms with Gasteiger partial charge in [-0.15, -0.1) is 0 Å². The molecular formula is C22H15Cl2I2N3O2. The van der Waals surface area contributed by atoms with Gasteiger partial charge < -0.3 is 4.74 Å². The van der Waals surface area contributed by atoms with Gasteiger partial charge in [-0.05, 0) is 101 Å². The molecule has 1 heterocycles. The second-order valence-corrected chi connectivity index (χ2v) is 9.82. The first-order valence-electron chi connectivity index (χ1n) is 8.95. The average Bonchev–Trinajstić information content (AvgIpc) is 3.04. The van der Waals surface area contributed by atoms with E-state index in [-0.39, 0.29) is 12.2 Å². The highest BCUT2D eigenvalue weighted by molar-refractivity contribution is 14.1. The fraction of sp³-hybridized carbons (Fsp3) is 0.136. The Bertz CT molecular complexity index is 1220. The third kappa shape index (κ3) is 5.80. The number of halogens is 4. The number of hydrogen-bond acceptors (Lipinski definition) is 4. The van der Waals surface area contributed by atoms with E-state index >= 15 is 0 Å². The molecular weight excluding hydrogens is 663 g/mol. The highest BCUT2D eigenvalue weighted by Gasteiger charge is 2.17. The summed E-state index contributed by atoms with van der Waals surface area (Å²) < 4.78 is 8.92. The Morgan fingerprint density at radius 2 is 1.87 bits per heavy atom. The normalized spacial score (nSPS) is 11.3. The maximum absolute atomic E-state index is 12.7. The Hall–Kier alpha value is -1.61. The van der Waals surface area contributed by atoms with E-state index in [2.05, 4.69) is 50.3 Å². The van der Waals surface area contributed by atoms with Gasteiger partial charge in [0.2, 0.25) is 0 Å². The van der Waals surface area contributed by atoms with Crippen molar-refractivity contribution in [1.29, 1.82) is 5.26 Å². The Morgan fingerprint density at radius 1 is 1.19 bits per heavy atom. The lowest BCUT2D eigenvalue weighted by molar-refractivity contribution is 0.0943. The molecule has 1 aromatic heterocycles. The molecule has 0 unspecified atom stereocenters. The minimum absolute atomic E-state index is 0.000542. The summed E-state index contributed by atoms with van der Waals surface area (Å²) in [6.45, 7) is 3.86. The molecule has 2 aromatic carbocycles. The SMILES string of the molecule is Cc1cc(C)n(C(=O)/C(C#N)=C/c2cc(I)c(OCc3ccc(Cl)cc3Cl)c(I)c2)n1. The van der Waals surface area contributed by atoms with Crippen LogP contribution in [0.25, 0.3) is 6.08 Å². The molecule has 0 radical (unpaired) electrons. The Kier molecular flexibility index (Phi) is 8.02. The van der Waals surface area contributed by atoms with E-state index in [1.54, 1.807) is 38.1 Å². The molecule has 0 bridgehead atoms. The number of benzene rings is 2. The quantitative estimate of drug-likeness (QED) is 0.169. The molecule has 0 amide bonds. The zero-order valence-corrected chi connectivity index (χ0v) is 22.2. The van der Waals surface area contributed by atoms with Crippen LogP contribution in [0.4, 0.5) is 0 Å². The van der Waals surface area contributed by atoms with Crippen molar-refractivity contribution >= 4 is 80.4 Å². The van der Waals surface area contributed by atoms with Crippen molar-refractivity contribution in [2.24, 2.45) is 0 Å². The minimum atomic E-state index is -0.462. The number of carbonyl (C=O) groups is 1. The molecule has 0 spiro atoms. The van der Waals surface area contributed by atoms with Crippen molar-refractivity contribution in [3.05, 3.63) is 81.7 Å². The maximum Gasteiger partial charge on any atom is 0.289 e. The lowest BCUT2D eigenvalue weighted by atomic mass is 10.1. The summed E-state index contributed by atoms with van der Waals surface area (Å²) in [5, 5.41) is 14.8. The van der Waals surface area contributed by atoms with Crippen molar-refractivity contribution in [3.8, 4) is 11.8 Å². The van der Waals surface area contributed by atoms with Crippen molar-refractivity contribution in [2.75, 3.05) is 0 Å². The lowest BCUT2D eigenvalue weighted by Gasteiger charge is -2.13.